The van der Waals surface area contributed by atoms with E-state index in [-0.39, 0.29) is 11.7 Å². The van der Waals surface area contributed by atoms with Crippen molar-refractivity contribution in [2.24, 2.45) is 7.05 Å². The number of imidazole rings is 1. The minimum atomic E-state index is -0.316. The Hall–Kier alpha value is -3.06. The van der Waals surface area contributed by atoms with Gasteiger partial charge in [0.25, 0.3) is 5.91 Å². The lowest BCUT2D eigenvalue weighted by Gasteiger charge is -2.08. The number of rotatable bonds is 7. The molecule has 0 atom stereocenters. The number of aromatic nitrogens is 2. The van der Waals surface area contributed by atoms with Crippen molar-refractivity contribution in [2.45, 2.75) is 13.2 Å². The third kappa shape index (κ3) is 4.27. The van der Waals surface area contributed by atoms with Crippen molar-refractivity contribution in [3.8, 4) is 5.75 Å². The van der Waals surface area contributed by atoms with Crippen LogP contribution in [0.3, 0.4) is 0 Å². The molecule has 0 aliphatic heterocycles. The summed E-state index contributed by atoms with van der Waals surface area (Å²) in [6.45, 7) is 0.708. The van der Waals surface area contributed by atoms with E-state index in [1.165, 1.54) is 0 Å². The smallest absolute Gasteiger partial charge is 0.291 e. The third-order valence-electron chi connectivity index (χ3n) is 3.57. The van der Waals surface area contributed by atoms with Crippen LogP contribution < -0.4 is 10.1 Å². The van der Waals surface area contributed by atoms with Crippen molar-refractivity contribution in [3.05, 3.63) is 66.1 Å². The van der Waals surface area contributed by atoms with E-state index in [4.69, 9.17) is 13.9 Å². The molecule has 3 rings (SSSR count). The van der Waals surface area contributed by atoms with Gasteiger partial charge in [-0.2, -0.15) is 0 Å². The molecule has 1 aromatic carbocycles. The van der Waals surface area contributed by atoms with Gasteiger partial charge < -0.3 is 23.8 Å². The molecule has 0 aliphatic rings. The molecule has 0 saturated heterocycles. The summed E-state index contributed by atoms with van der Waals surface area (Å²) in [5.41, 5.74) is 0.652. The van der Waals surface area contributed by atoms with Gasteiger partial charge in [-0.1, -0.05) is 0 Å². The number of furan rings is 1. The van der Waals surface area contributed by atoms with Crippen LogP contribution in [0.1, 0.15) is 22.1 Å². The van der Waals surface area contributed by atoms with Gasteiger partial charge in [0.05, 0.1) is 0 Å². The minimum Gasteiger partial charge on any atom is -0.486 e. The number of aryl methyl sites for hydroxylation is 1. The Morgan fingerprint density at radius 2 is 2.00 bits per heavy atom. The van der Waals surface area contributed by atoms with Crippen molar-refractivity contribution in [2.75, 3.05) is 12.4 Å². The second-order valence-corrected chi connectivity index (χ2v) is 5.42. The molecule has 2 heterocycles. The molecule has 0 aliphatic carbocycles. The summed E-state index contributed by atoms with van der Waals surface area (Å²) in [5.74, 6) is 2.06. The Kier molecular flexibility index (Phi) is 5.15. The average molecular weight is 341 g/mol. The van der Waals surface area contributed by atoms with Gasteiger partial charge >= 0.3 is 0 Å². The highest BCUT2D eigenvalue weighted by Gasteiger charge is 2.11. The Bertz CT molecular complexity index is 836. The molecule has 1 amide bonds. The Labute approximate surface area is 145 Å². The molecule has 0 radical (unpaired) electrons. The van der Waals surface area contributed by atoms with Gasteiger partial charge in [-0.3, -0.25) is 4.79 Å². The fourth-order valence-electron chi connectivity index (χ4n) is 2.23. The number of ether oxygens (including phenoxy) is 2. The largest absolute Gasteiger partial charge is 0.486 e. The quantitative estimate of drug-likeness (QED) is 0.715. The average Bonchev–Trinajstić information content (AvgIpc) is 3.24. The highest BCUT2D eigenvalue weighted by atomic mass is 16.5. The maximum atomic E-state index is 12.1. The molecule has 2 aromatic heterocycles. The zero-order valence-electron chi connectivity index (χ0n) is 14.1. The molecular weight excluding hydrogens is 322 g/mol. The molecule has 0 unspecified atom stereocenters. The van der Waals surface area contributed by atoms with Gasteiger partial charge in [0, 0.05) is 32.2 Å². The number of carbonyl (C=O) groups excluding carboxylic acids is 1. The summed E-state index contributed by atoms with van der Waals surface area (Å²) in [4.78, 5) is 16.3. The predicted octanol–water partition coefficient (Wildman–Crippen LogP) is 2.99. The fraction of sp³-hybridized carbons (Fsp3) is 0.222. The fourth-order valence-corrected chi connectivity index (χ4v) is 2.23. The van der Waals surface area contributed by atoms with E-state index >= 15 is 0 Å². The molecule has 25 heavy (non-hydrogen) atoms. The first-order valence-corrected chi connectivity index (χ1v) is 7.74. The Morgan fingerprint density at radius 3 is 2.68 bits per heavy atom. The first kappa shape index (κ1) is 16.8. The maximum absolute atomic E-state index is 12.1. The monoisotopic (exact) mass is 341 g/mol. The number of carbonyl (C=O) groups is 1. The Balaban J connectivity index is 1.56. The number of amides is 1. The predicted molar refractivity (Wildman–Crippen MR) is 91.4 cm³/mol. The minimum absolute atomic E-state index is 0.238. The molecule has 0 fully saturated rings. The number of methoxy groups -OCH3 is 1. The summed E-state index contributed by atoms with van der Waals surface area (Å²) in [5, 5.41) is 2.77. The molecule has 130 valence electrons. The molecule has 0 bridgehead atoms. The van der Waals surface area contributed by atoms with Crippen molar-refractivity contribution in [1.29, 1.82) is 0 Å². The summed E-state index contributed by atoms with van der Waals surface area (Å²) >= 11 is 0. The molecule has 3 aromatic rings. The molecule has 7 nitrogen and oxygen atoms in total. The number of anilines is 1. The van der Waals surface area contributed by atoms with Crippen molar-refractivity contribution < 1.29 is 18.7 Å². The topological polar surface area (TPSA) is 78.5 Å². The summed E-state index contributed by atoms with van der Waals surface area (Å²) in [6.07, 6.45) is 3.59. The van der Waals surface area contributed by atoms with E-state index < -0.39 is 0 Å². The van der Waals surface area contributed by atoms with Crippen LogP contribution in [0.4, 0.5) is 5.69 Å². The molecule has 0 saturated carbocycles. The summed E-state index contributed by atoms with van der Waals surface area (Å²) < 4.78 is 17.9. The van der Waals surface area contributed by atoms with Crippen LogP contribution in [0.15, 0.2) is 53.2 Å². The van der Waals surface area contributed by atoms with Gasteiger partial charge in [0.2, 0.25) is 0 Å². The van der Waals surface area contributed by atoms with Gasteiger partial charge in [-0.05, 0) is 36.4 Å². The number of benzene rings is 1. The number of nitrogens with one attached hydrogen (secondary N) is 1. The van der Waals surface area contributed by atoms with Gasteiger partial charge in [0.1, 0.15) is 30.5 Å². The normalized spacial score (nSPS) is 10.6. The molecule has 7 heteroatoms. The first-order valence-electron chi connectivity index (χ1n) is 7.74. The number of hydrogen-bond acceptors (Lipinski definition) is 5. The van der Waals surface area contributed by atoms with E-state index in [1.807, 2.05) is 17.8 Å². The lowest BCUT2D eigenvalue weighted by molar-refractivity contribution is 0.0987. The SMILES string of the molecule is COCc1ccc(C(=O)Nc2ccc(OCc3nccn3C)cc2)o1. The van der Waals surface area contributed by atoms with Crippen molar-refractivity contribution in [3.63, 3.8) is 0 Å². The van der Waals surface area contributed by atoms with E-state index in [9.17, 15) is 4.79 Å². The van der Waals surface area contributed by atoms with Crippen LogP contribution in [0.2, 0.25) is 0 Å². The van der Waals surface area contributed by atoms with Gasteiger partial charge in [0.15, 0.2) is 5.76 Å². The standard InChI is InChI=1S/C18H19N3O4/c1-21-10-9-19-17(21)12-24-14-5-3-13(4-6-14)20-18(22)16-8-7-15(25-16)11-23-2/h3-10H,11-12H2,1-2H3,(H,20,22). The Morgan fingerprint density at radius 1 is 1.20 bits per heavy atom. The van der Waals surface area contributed by atoms with Crippen LogP contribution in [0.25, 0.3) is 0 Å². The van der Waals surface area contributed by atoms with Crippen LogP contribution in [-0.4, -0.2) is 22.6 Å². The van der Waals surface area contributed by atoms with E-state index in [0.717, 1.165) is 5.82 Å². The highest BCUT2D eigenvalue weighted by Crippen LogP contribution is 2.18. The number of hydrogen-bond donors (Lipinski definition) is 1. The van der Waals surface area contributed by atoms with Crippen molar-refractivity contribution >= 4 is 11.6 Å². The van der Waals surface area contributed by atoms with Crippen molar-refractivity contribution in [1.82, 2.24) is 9.55 Å². The summed E-state index contributed by atoms with van der Waals surface area (Å²) in [7, 11) is 3.48. The molecule has 1 N–H and O–H groups in total. The third-order valence-corrected chi connectivity index (χ3v) is 3.57. The van der Waals surface area contributed by atoms with E-state index in [1.54, 1.807) is 49.7 Å². The lowest BCUT2D eigenvalue weighted by atomic mass is 10.3. The van der Waals surface area contributed by atoms with Crippen LogP contribution in [0.5, 0.6) is 5.75 Å². The second-order valence-electron chi connectivity index (χ2n) is 5.42. The van der Waals surface area contributed by atoms with Crippen LogP contribution in [-0.2, 0) is 25.0 Å². The first-order chi connectivity index (χ1) is 12.2. The summed E-state index contributed by atoms with van der Waals surface area (Å²) in [6, 6.07) is 10.4. The van der Waals surface area contributed by atoms with E-state index in [2.05, 4.69) is 10.3 Å². The van der Waals surface area contributed by atoms with Crippen LogP contribution in [0, 0.1) is 0 Å². The lowest BCUT2D eigenvalue weighted by Crippen LogP contribution is -2.10. The maximum Gasteiger partial charge on any atom is 0.291 e. The van der Waals surface area contributed by atoms with Gasteiger partial charge in [-0.15, -0.1) is 0 Å². The number of nitrogens with zero attached hydrogens (tertiary/aromatic N) is 2. The zero-order valence-corrected chi connectivity index (χ0v) is 14.1. The highest BCUT2D eigenvalue weighted by molar-refractivity contribution is 6.02. The van der Waals surface area contributed by atoms with Gasteiger partial charge in [-0.25, -0.2) is 4.98 Å². The van der Waals surface area contributed by atoms with Crippen LogP contribution >= 0.6 is 0 Å². The molecular formula is C18H19N3O4. The van der Waals surface area contributed by atoms with E-state index in [0.29, 0.717) is 30.4 Å². The second kappa shape index (κ2) is 7.67. The molecule has 0 spiro atoms. The zero-order chi connectivity index (χ0) is 17.6.